The summed E-state index contributed by atoms with van der Waals surface area (Å²) in [6.07, 6.45) is 4.62. The Labute approximate surface area is 94.2 Å². The molecule has 3 nitrogen and oxygen atoms in total. The molecule has 80 valence electrons. The lowest BCUT2D eigenvalue weighted by molar-refractivity contribution is -0.118. The van der Waals surface area contributed by atoms with Crippen LogP contribution in [0.5, 0.6) is 0 Å². The van der Waals surface area contributed by atoms with E-state index in [0.29, 0.717) is 11.7 Å². The van der Waals surface area contributed by atoms with Crippen molar-refractivity contribution in [3.8, 4) is 0 Å². The Hall–Kier alpha value is -1.35. The molecule has 15 heavy (non-hydrogen) atoms. The van der Waals surface area contributed by atoms with E-state index in [0.717, 1.165) is 12.1 Å². The predicted molar refractivity (Wildman–Crippen MR) is 61.6 cm³/mol. The minimum absolute atomic E-state index is 0.00993. The average molecular weight is 225 g/mol. The largest absolute Gasteiger partial charge is 0.356 e. The minimum atomic E-state index is -0.00993. The number of rotatable bonds is 4. The number of halogens is 1. The topological polar surface area (TPSA) is 42.0 Å². The molecule has 1 aromatic heterocycles. The molecule has 1 heterocycles. The Bertz CT molecular complexity index is 363. The zero-order chi connectivity index (χ0) is 11.1. The van der Waals surface area contributed by atoms with Crippen LogP contribution in [0, 0.1) is 0 Å². The SMILES string of the molecule is CC(=O)NCCC=Cc1cccc(Cl)n1. The van der Waals surface area contributed by atoms with Crippen LogP contribution in [0.25, 0.3) is 6.08 Å². The number of nitrogens with one attached hydrogen (secondary N) is 1. The van der Waals surface area contributed by atoms with Gasteiger partial charge in [0.05, 0.1) is 5.69 Å². The molecule has 1 rings (SSSR count). The van der Waals surface area contributed by atoms with Crippen LogP contribution in [0.2, 0.25) is 5.15 Å². The van der Waals surface area contributed by atoms with E-state index in [1.165, 1.54) is 6.92 Å². The number of pyridine rings is 1. The first-order valence-electron chi connectivity index (χ1n) is 4.72. The van der Waals surface area contributed by atoms with E-state index in [1.54, 1.807) is 6.07 Å². The van der Waals surface area contributed by atoms with Gasteiger partial charge in [0.1, 0.15) is 5.15 Å². The predicted octanol–water partition coefficient (Wildman–Crippen LogP) is 2.27. The maximum atomic E-state index is 10.6. The fourth-order valence-electron chi connectivity index (χ4n) is 1.05. The Balaban J connectivity index is 2.35. The van der Waals surface area contributed by atoms with Gasteiger partial charge in [0.2, 0.25) is 5.91 Å². The molecule has 0 aliphatic rings. The molecular weight excluding hydrogens is 212 g/mol. The quantitative estimate of drug-likeness (QED) is 0.630. The Morgan fingerprint density at radius 3 is 3.07 bits per heavy atom. The molecule has 0 aliphatic heterocycles. The summed E-state index contributed by atoms with van der Waals surface area (Å²) in [5.41, 5.74) is 0.824. The van der Waals surface area contributed by atoms with Crippen molar-refractivity contribution in [2.75, 3.05) is 6.54 Å². The van der Waals surface area contributed by atoms with E-state index >= 15 is 0 Å². The van der Waals surface area contributed by atoms with Crippen molar-refractivity contribution in [3.63, 3.8) is 0 Å². The van der Waals surface area contributed by atoms with Crippen LogP contribution in [0.15, 0.2) is 24.3 Å². The lowest BCUT2D eigenvalue weighted by Gasteiger charge is -1.97. The summed E-state index contributed by atoms with van der Waals surface area (Å²) >= 11 is 5.72. The number of hydrogen-bond acceptors (Lipinski definition) is 2. The number of carbonyl (C=O) groups is 1. The number of amides is 1. The van der Waals surface area contributed by atoms with Crippen molar-refractivity contribution in [1.29, 1.82) is 0 Å². The van der Waals surface area contributed by atoms with Crippen molar-refractivity contribution < 1.29 is 4.79 Å². The molecular formula is C11H13ClN2O. The van der Waals surface area contributed by atoms with Gasteiger partial charge in [0.15, 0.2) is 0 Å². The highest BCUT2D eigenvalue weighted by Gasteiger charge is 1.90. The highest BCUT2D eigenvalue weighted by molar-refractivity contribution is 6.29. The molecule has 0 spiro atoms. The number of nitrogens with zero attached hydrogens (tertiary/aromatic N) is 1. The summed E-state index contributed by atoms with van der Waals surface area (Å²) in [7, 11) is 0. The van der Waals surface area contributed by atoms with Gasteiger partial charge >= 0.3 is 0 Å². The van der Waals surface area contributed by atoms with E-state index in [1.807, 2.05) is 24.3 Å². The van der Waals surface area contributed by atoms with Gasteiger partial charge in [-0.1, -0.05) is 23.7 Å². The van der Waals surface area contributed by atoms with Gasteiger partial charge in [-0.25, -0.2) is 4.98 Å². The normalized spacial score (nSPS) is 10.5. The van der Waals surface area contributed by atoms with Gasteiger partial charge in [-0.15, -0.1) is 0 Å². The zero-order valence-corrected chi connectivity index (χ0v) is 9.29. The van der Waals surface area contributed by atoms with Crippen LogP contribution in [-0.2, 0) is 4.79 Å². The van der Waals surface area contributed by atoms with Crippen molar-refractivity contribution in [3.05, 3.63) is 35.1 Å². The van der Waals surface area contributed by atoms with Crippen LogP contribution in [0.3, 0.4) is 0 Å². The number of hydrogen-bond donors (Lipinski definition) is 1. The molecule has 0 unspecified atom stereocenters. The highest BCUT2D eigenvalue weighted by Crippen LogP contribution is 2.06. The van der Waals surface area contributed by atoms with E-state index in [2.05, 4.69) is 10.3 Å². The van der Waals surface area contributed by atoms with E-state index in [-0.39, 0.29) is 5.91 Å². The third-order valence-electron chi connectivity index (χ3n) is 1.71. The summed E-state index contributed by atoms with van der Waals surface area (Å²) in [6.45, 7) is 2.15. The maximum absolute atomic E-state index is 10.6. The van der Waals surface area contributed by atoms with Gasteiger partial charge in [0.25, 0.3) is 0 Å². The van der Waals surface area contributed by atoms with Crippen LogP contribution < -0.4 is 5.32 Å². The Kier molecular flexibility index (Phi) is 4.84. The first-order chi connectivity index (χ1) is 7.18. The summed E-state index contributed by atoms with van der Waals surface area (Å²) in [5, 5.41) is 3.19. The van der Waals surface area contributed by atoms with Crippen molar-refractivity contribution in [2.24, 2.45) is 0 Å². The van der Waals surface area contributed by atoms with Crippen molar-refractivity contribution in [1.82, 2.24) is 10.3 Å². The van der Waals surface area contributed by atoms with Gasteiger partial charge in [-0.3, -0.25) is 4.79 Å². The Morgan fingerprint density at radius 1 is 1.60 bits per heavy atom. The van der Waals surface area contributed by atoms with Crippen LogP contribution in [0.4, 0.5) is 0 Å². The van der Waals surface area contributed by atoms with E-state index in [4.69, 9.17) is 11.6 Å². The lowest BCUT2D eigenvalue weighted by Crippen LogP contribution is -2.20. The molecule has 0 aliphatic carbocycles. The third-order valence-corrected chi connectivity index (χ3v) is 1.92. The van der Waals surface area contributed by atoms with Crippen molar-refractivity contribution >= 4 is 23.6 Å². The second-order valence-electron chi connectivity index (χ2n) is 3.06. The van der Waals surface area contributed by atoms with Crippen molar-refractivity contribution in [2.45, 2.75) is 13.3 Å². The van der Waals surface area contributed by atoms with Crippen LogP contribution in [-0.4, -0.2) is 17.4 Å². The molecule has 0 saturated carbocycles. The smallest absolute Gasteiger partial charge is 0.216 e. The lowest BCUT2D eigenvalue weighted by atomic mass is 10.3. The van der Waals surface area contributed by atoms with Crippen LogP contribution in [0.1, 0.15) is 19.0 Å². The summed E-state index contributed by atoms with van der Waals surface area (Å²) in [6, 6.07) is 5.46. The minimum Gasteiger partial charge on any atom is -0.356 e. The van der Waals surface area contributed by atoms with E-state index < -0.39 is 0 Å². The first-order valence-corrected chi connectivity index (χ1v) is 5.10. The average Bonchev–Trinajstić information content (AvgIpc) is 2.17. The van der Waals surface area contributed by atoms with Gasteiger partial charge in [-0.2, -0.15) is 0 Å². The number of aromatic nitrogens is 1. The highest BCUT2D eigenvalue weighted by atomic mass is 35.5. The molecule has 0 aromatic carbocycles. The van der Waals surface area contributed by atoms with Crippen LogP contribution >= 0.6 is 11.6 Å². The molecule has 1 aromatic rings. The second kappa shape index (κ2) is 6.19. The summed E-state index contributed by atoms with van der Waals surface area (Å²) in [4.78, 5) is 14.7. The fourth-order valence-corrected chi connectivity index (χ4v) is 1.22. The molecule has 0 atom stereocenters. The zero-order valence-electron chi connectivity index (χ0n) is 8.53. The van der Waals surface area contributed by atoms with Gasteiger partial charge < -0.3 is 5.32 Å². The van der Waals surface area contributed by atoms with E-state index in [9.17, 15) is 4.79 Å². The molecule has 0 radical (unpaired) electrons. The fraction of sp³-hybridized carbons (Fsp3) is 0.273. The monoisotopic (exact) mass is 224 g/mol. The molecule has 0 fully saturated rings. The third kappa shape index (κ3) is 5.18. The molecule has 4 heteroatoms. The standard InChI is InChI=1S/C11H13ClN2O/c1-9(15)13-8-3-2-5-10-6-4-7-11(12)14-10/h2,4-7H,3,8H2,1H3,(H,13,15). The molecule has 1 amide bonds. The molecule has 0 bridgehead atoms. The van der Waals surface area contributed by atoms with Gasteiger partial charge in [0, 0.05) is 13.5 Å². The Morgan fingerprint density at radius 2 is 2.40 bits per heavy atom. The summed E-state index contributed by atoms with van der Waals surface area (Å²) in [5.74, 6) is -0.00993. The second-order valence-corrected chi connectivity index (χ2v) is 3.45. The molecule has 0 saturated heterocycles. The summed E-state index contributed by atoms with van der Waals surface area (Å²) < 4.78 is 0. The maximum Gasteiger partial charge on any atom is 0.216 e. The number of carbonyl (C=O) groups excluding carboxylic acids is 1. The molecule has 1 N–H and O–H groups in total. The first kappa shape index (κ1) is 11.7. The van der Waals surface area contributed by atoms with Gasteiger partial charge in [-0.05, 0) is 24.6 Å².